The SMILES string of the molecule is CNC(=O)c1ccccc1Nc1nc(Nc2ccc(-n3cccc3C(=O)N3CCN(C)CC3)cc2OC)ncc1Cl. The maximum atomic E-state index is 13.3. The zero-order valence-corrected chi connectivity index (χ0v) is 23.8. The average Bonchev–Trinajstić information content (AvgIpc) is 3.49. The van der Waals surface area contributed by atoms with Crippen molar-refractivity contribution < 1.29 is 14.3 Å². The molecule has 0 unspecified atom stereocenters. The molecular weight excluding hydrogens is 544 g/mol. The second-order valence-electron chi connectivity index (χ2n) is 9.51. The first-order valence-corrected chi connectivity index (χ1v) is 13.5. The third kappa shape index (κ3) is 6.11. The molecule has 0 bridgehead atoms. The number of halogens is 1. The number of anilines is 4. The molecule has 1 saturated heterocycles. The number of piperazine rings is 1. The Balaban J connectivity index is 1.37. The molecule has 5 rings (SSSR count). The number of methoxy groups -OCH3 is 1. The van der Waals surface area contributed by atoms with E-state index in [4.69, 9.17) is 16.3 Å². The second-order valence-corrected chi connectivity index (χ2v) is 9.92. The third-order valence-electron chi connectivity index (χ3n) is 6.86. The number of carbonyl (C=O) groups excluding carboxylic acids is 2. The van der Waals surface area contributed by atoms with Gasteiger partial charge in [0.2, 0.25) is 5.95 Å². The second kappa shape index (κ2) is 12.3. The summed E-state index contributed by atoms with van der Waals surface area (Å²) in [5.41, 5.74) is 2.99. The standard InChI is InChI=1S/C29H31ClN8O3/c1-31-27(39)20-7-4-5-8-22(20)33-26-21(30)18-32-29(35-26)34-23-11-10-19(17-25(23)41-3)38-12-6-9-24(38)28(40)37-15-13-36(2)14-16-37/h4-12,17-18H,13-16H2,1-3H3,(H,31,39)(H2,32,33,34,35). The summed E-state index contributed by atoms with van der Waals surface area (Å²) in [4.78, 5) is 38.5. The number of amides is 2. The topological polar surface area (TPSA) is 117 Å². The molecule has 12 heteroatoms. The van der Waals surface area contributed by atoms with E-state index in [0.29, 0.717) is 47.3 Å². The Morgan fingerprint density at radius 2 is 1.76 bits per heavy atom. The predicted octanol–water partition coefficient (Wildman–Crippen LogP) is 4.16. The van der Waals surface area contributed by atoms with Crippen LogP contribution in [-0.4, -0.2) is 83.5 Å². The summed E-state index contributed by atoms with van der Waals surface area (Å²) < 4.78 is 7.53. The summed E-state index contributed by atoms with van der Waals surface area (Å²) in [6.45, 7) is 3.10. The van der Waals surface area contributed by atoms with Gasteiger partial charge in [-0.05, 0) is 43.4 Å². The molecule has 4 aromatic rings. The minimum absolute atomic E-state index is 0.00291. The lowest BCUT2D eigenvalue weighted by molar-refractivity contribution is 0.0656. The number of nitrogens with one attached hydrogen (secondary N) is 3. The first kappa shape index (κ1) is 27.9. The maximum absolute atomic E-state index is 13.3. The van der Waals surface area contributed by atoms with E-state index in [2.05, 4.69) is 37.9 Å². The van der Waals surface area contributed by atoms with E-state index in [-0.39, 0.29) is 22.8 Å². The lowest BCUT2D eigenvalue weighted by atomic mass is 10.1. The van der Waals surface area contributed by atoms with Crippen LogP contribution < -0.4 is 20.7 Å². The van der Waals surface area contributed by atoms with Crippen LogP contribution in [0.5, 0.6) is 5.75 Å². The van der Waals surface area contributed by atoms with Gasteiger partial charge in [-0.3, -0.25) is 9.59 Å². The summed E-state index contributed by atoms with van der Waals surface area (Å²) in [6, 6.07) is 16.3. The molecule has 0 aliphatic carbocycles. The summed E-state index contributed by atoms with van der Waals surface area (Å²) in [5.74, 6) is 0.893. The quantitative estimate of drug-likeness (QED) is 0.287. The van der Waals surface area contributed by atoms with Gasteiger partial charge in [0.15, 0.2) is 5.82 Å². The van der Waals surface area contributed by atoms with Crippen molar-refractivity contribution in [3.8, 4) is 11.4 Å². The highest BCUT2D eigenvalue weighted by molar-refractivity contribution is 6.33. The van der Waals surface area contributed by atoms with E-state index in [1.165, 1.54) is 6.20 Å². The van der Waals surface area contributed by atoms with Crippen molar-refractivity contribution >= 4 is 46.6 Å². The van der Waals surface area contributed by atoms with E-state index >= 15 is 0 Å². The van der Waals surface area contributed by atoms with Crippen LogP contribution >= 0.6 is 11.6 Å². The average molecular weight is 575 g/mol. The minimum Gasteiger partial charge on any atom is -0.494 e. The van der Waals surface area contributed by atoms with Gasteiger partial charge in [0, 0.05) is 51.2 Å². The fourth-order valence-corrected chi connectivity index (χ4v) is 4.71. The predicted molar refractivity (Wildman–Crippen MR) is 159 cm³/mol. The normalized spacial score (nSPS) is 13.5. The number of nitrogens with zero attached hydrogens (tertiary/aromatic N) is 5. The van der Waals surface area contributed by atoms with Crippen LogP contribution in [0, 0.1) is 0 Å². The number of carbonyl (C=O) groups is 2. The zero-order valence-electron chi connectivity index (χ0n) is 23.0. The van der Waals surface area contributed by atoms with Gasteiger partial charge in [-0.2, -0.15) is 4.98 Å². The van der Waals surface area contributed by atoms with E-state index < -0.39 is 0 Å². The Hall–Kier alpha value is -4.61. The number of aromatic nitrogens is 3. The Kier molecular flexibility index (Phi) is 8.37. The van der Waals surface area contributed by atoms with Gasteiger partial charge in [0.05, 0.1) is 30.2 Å². The molecule has 0 atom stereocenters. The highest BCUT2D eigenvalue weighted by Crippen LogP contribution is 2.32. The van der Waals surface area contributed by atoms with Gasteiger partial charge in [-0.1, -0.05) is 23.7 Å². The third-order valence-corrected chi connectivity index (χ3v) is 7.14. The van der Waals surface area contributed by atoms with E-state index in [1.54, 1.807) is 32.4 Å². The molecule has 0 saturated carbocycles. The molecule has 11 nitrogen and oxygen atoms in total. The van der Waals surface area contributed by atoms with Crippen LogP contribution in [0.15, 0.2) is 67.0 Å². The molecular formula is C29H31ClN8O3. The largest absolute Gasteiger partial charge is 0.494 e. The zero-order chi connectivity index (χ0) is 28.9. The van der Waals surface area contributed by atoms with Crippen molar-refractivity contribution in [2.45, 2.75) is 0 Å². The first-order chi connectivity index (χ1) is 19.9. The molecule has 2 amide bonds. The van der Waals surface area contributed by atoms with Gasteiger partial charge in [-0.15, -0.1) is 0 Å². The summed E-state index contributed by atoms with van der Waals surface area (Å²) in [6.07, 6.45) is 3.33. The Labute approximate surface area is 243 Å². The molecule has 1 fully saturated rings. The van der Waals surface area contributed by atoms with Crippen molar-refractivity contribution in [3.63, 3.8) is 0 Å². The fourth-order valence-electron chi connectivity index (χ4n) is 4.57. The fraction of sp³-hybridized carbons (Fsp3) is 0.241. The van der Waals surface area contributed by atoms with Gasteiger partial charge in [-0.25, -0.2) is 4.98 Å². The van der Waals surface area contributed by atoms with E-state index in [9.17, 15) is 9.59 Å². The number of likely N-dealkylation sites (N-methyl/N-ethyl adjacent to an activating group) is 1. The molecule has 1 aliphatic rings. The lowest BCUT2D eigenvalue weighted by Gasteiger charge is -2.32. The highest BCUT2D eigenvalue weighted by atomic mass is 35.5. The molecule has 2 aromatic carbocycles. The van der Waals surface area contributed by atoms with Crippen molar-refractivity contribution in [3.05, 3.63) is 83.3 Å². The molecule has 0 radical (unpaired) electrons. The monoisotopic (exact) mass is 574 g/mol. The molecule has 3 N–H and O–H groups in total. The number of para-hydroxylation sites is 1. The number of hydrogen-bond acceptors (Lipinski definition) is 8. The molecule has 0 spiro atoms. The molecule has 1 aliphatic heterocycles. The first-order valence-electron chi connectivity index (χ1n) is 13.1. The summed E-state index contributed by atoms with van der Waals surface area (Å²) >= 11 is 6.38. The smallest absolute Gasteiger partial charge is 0.270 e. The van der Waals surface area contributed by atoms with Gasteiger partial charge < -0.3 is 35.1 Å². The van der Waals surface area contributed by atoms with E-state index in [0.717, 1.165) is 18.8 Å². The van der Waals surface area contributed by atoms with Crippen LogP contribution in [0.4, 0.5) is 23.1 Å². The van der Waals surface area contributed by atoms with Crippen molar-refractivity contribution in [2.24, 2.45) is 0 Å². The van der Waals surface area contributed by atoms with Crippen molar-refractivity contribution in [1.82, 2.24) is 29.7 Å². The lowest BCUT2D eigenvalue weighted by Crippen LogP contribution is -2.47. The Morgan fingerprint density at radius 3 is 2.51 bits per heavy atom. The summed E-state index contributed by atoms with van der Waals surface area (Å²) in [7, 11) is 5.20. The van der Waals surface area contributed by atoms with Crippen LogP contribution in [0.3, 0.4) is 0 Å². The number of rotatable bonds is 8. The highest BCUT2D eigenvalue weighted by Gasteiger charge is 2.23. The van der Waals surface area contributed by atoms with Crippen molar-refractivity contribution in [2.75, 3.05) is 58.0 Å². The Bertz CT molecular complexity index is 1570. The van der Waals surface area contributed by atoms with Crippen molar-refractivity contribution in [1.29, 1.82) is 0 Å². The number of ether oxygens (including phenoxy) is 1. The van der Waals surface area contributed by atoms with Gasteiger partial charge in [0.25, 0.3) is 11.8 Å². The molecule has 212 valence electrons. The number of benzene rings is 2. The van der Waals surface area contributed by atoms with Crippen LogP contribution in [0.1, 0.15) is 20.8 Å². The van der Waals surface area contributed by atoms with E-state index in [1.807, 2.05) is 52.1 Å². The van der Waals surface area contributed by atoms with Gasteiger partial charge in [0.1, 0.15) is 16.5 Å². The number of hydrogen-bond donors (Lipinski definition) is 3. The molecule has 41 heavy (non-hydrogen) atoms. The Morgan fingerprint density at radius 1 is 0.976 bits per heavy atom. The molecule has 3 heterocycles. The van der Waals surface area contributed by atoms with Gasteiger partial charge >= 0.3 is 0 Å². The van der Waals surface area contributed by atoms with Crippen LogP contribution in [0.2, 0.25) is 5.02 Å². The maximum Gasteiger partial charge on any atom is 0.270 e. The van der Waals surface area contributed by atoms with Crippen LogP contribution in [-0.2, 0) is 0 Å². The van der Waals surface area contributed by atoms with Crippen LogP contribution in [0.25, 0.3) is 5.69 Å². The summed E-state index contributed by atoms with van der Waals surface area (Å²) in [5, 5.41) is 9.22. The minimum atomic E-state index is -0.238. The molecule has 2 aromatic heterocycles.